The van der Waals surface area contributed by atoms with E-state index in [4.69, 9.17) is 10.2 Å². The standard InChI is InChI=1S/C27H32N4O2/c1-19(2)30-16-8-13-24(18-30)31-26(22-10-5-4-6-11-22)20(3)28-27(31)23-12-7-9-21(17-23)14-15-25(32)29-33/h4-7,9-12,14-15,17,19,24,33H,8,13,16,18H2,1-3H3,(H,29,32)/b15-14+. The molecule has 2 N–H and O–H groups in total. The van der Waals surface area contributed by atoms with Crippen molar-refractivity contribution in [3.8, 4) is 22.6 Å². The topological polar surface area (TPSA) is 70.4 Å². The predicted octanol–water partition coefficient (Wildman–Crippen LogP) is 5.09. The molecule has 1 aliphatic heterocycles. The van der Waals surface area contributed by atoms with Crippen molar-refractivity contribution in [2.75, 3.05) is 13.1 Å². The van der Waals surface area contributed by atoms with Crippen LogP contribution in [0.5, 0.6) is 0 Å². The van der Waals surface area contributed by atoms with Crippen molar-refractivity contribution in [3.63, 3.8) is 0 Å². The molecule has 33 heavy (non-hydrogen) atoms. The first kappa shape index (κ1) is 23.0. The van der Waals surface area contributed by atoms with E-state index in [0.29, 0.717) is 12.1 Å². The SMILES string of the molecule is Cc1nc(-c2cccc(/C=C/C(=O)NO)c2)n(C2CCCN(C(C)C)C2)c1-c1ccccc1. The minimum Gasteiger partial charge on any atom is -0.319 e. The van der Waals surface area contributed by atoms with Crippen LogP contribution >= 0.6 is 0 Å². The first-order chi connectivity index (χ1) is 16.0. The van der Waals surface area contributed by atoms with Crippen LogP contribution in [0.25, 0.3) is 28.7 Å². The van der Waals surface area contributed by atoms with Crippen LogP contribution in [0.15, 0.2) is 60.7 Å². The van der Waals surface area contributed by atoms with Crippen LogP contribution in [0.4, 0.5) is 0 Å². The minimum absolute atomic E-state index is 0.326. The van der Waals surface area contributed by atoms with Crippen molar-refractivity contribution < 1.29 is 10.0 Å². The molecule has 0 aliphatic carbocycles. The number of imidazole rings is 1. The second-order valence-electron chi connectivity index (χ2n) is 8.93. The number of aromatic nitrogens is 2. The third-order valence-electron chi connectivity index (χ3n) is 6.34. The van der Waals surface area contributed by atoms with E-state index in [1.807, 2.05) is 24.3 Å². The molecule has 3 aromatic rings. The lowest BCUT2D eigenvalue weighted by molar-refractivity contribution is -0.124. The molecule has 2 heterocycles. The molecule has 6 heteroatoms. The summed E-state index contributed by atoms with van der Waals surface area (Å²) in [5.41, 5.74) is 6.86. The number of hydroxylamine groups is 1. The summed E-state index contributed by atoms with van der Waals surface area (Å²) in [6.45, 7) is 8.74. The zero-order valence-electron chi connectivity index (χ0n) is 19.5. The Morgan fingerprint density at radius 2 is 1.91 bits per heavy atom. The maximum atomic E-state index is 11.4. The molecule has 4 rings (SSSR count). The van der Waals surface area contributed by atoms with E-state index in [1.165, 1.54) is 17.3 Å². The van der Waals surface area contributed by atoms with Crippen molar-refractivity contribution in [2.45, 2.75) is 45.7 Å². The molecular weight excluding hydrogens is 412 g/mol. The van der Waals surface area contributed by atoms with Crippen LogP contribution in [0.3, 0.4) is 0 Å². The largest absolute Gasteiger partial charge is 0.319 e. The van der Waals surface area contributed by atoms with Gasteiger partial charge in [-0.25, -0.2) is 10.5 Å². The van der Waals surface area contributed by atoms with Crippen molar-refractivity contribution >= 4 is 12.0 Å². The van der Waals surface area contributed by atoms with Crippen LogP contribution in [0.1, 0.15) is 44.0 Å². The van der Waals surface area contributed by atoms with Gasteiger partial charge in [0.2, 0.25) is 0 Å². The molecule has 0 radical (unpaired) electrons. The summed E-state index contributed by atoms with van der Waals surface area (Å²) in [7, 11) is 0. The molecule has 1 aromatic heterocycles. The molecule has 1 atom stereocenters. The first-order valence-corrected chi connectivity index (χ1v) is 11.6. The number of hydrogen-bond donors (Lipinski definition) is 2. The van der Waals surface area contributed by atoms with E-state index in [2.05, 4.69) is 60.6 Å². The molecule has 1 saturated heterocycles. The van der Waals surface area contributed by atoms with Crippen molar-refractivity contribution in [3.05, 3.63) is 71.9 Å². The predicted molar refractivity (Wildman–Crippen MR) is 132 cm³/mol. The van der Waals surface area contributed by atoms with Crippen LogP contribution < -0.4 is 5.48 Å². The van der Waals surface area contributed by atoms with Crippen LogP contribution in [-0.4, -0.2) is 44.7 Å². The van der Waals surface area contributed by atoms with Crippen LogP contribution in [-0.2, 0) is 4.79 Å². The number of benzene rings is 2. The Labute approximate surface area is 195 Å². The summed E-state index contributed by atoms with van der Waals surface area (Å²) >= 11 is 0. The number of rotatable bonds is 6. The maximum Gasteiger partial charge on any atom is 0.267 e. The highest BCUT2D eigenvalue weighted by atomic mass is 16.5. The lowest BCUT2D eigenvalue weighted by Crippen LogP contribution is -2.41. The number of carbonyl (C=O) groups is 1. The number of likely N-dealkylation sites (tertiary alicyclic amines) is 1. The molecule has 0 bridgehead atoms. The first-order valence-electron chi connectivity index (χ1n) is 11.6. The van der Waals surface area contributed by atoms with Gasteiger partial charge < -0.3 is 4.57 Å². The van der Waals surface area contributed by atoms with Crippen molar-refractivity contribution in [2.24, 2.45) is 0 Å². The number of piperidine rings is 1. The van der Waals surface area contributed by atoms with E-state index in [0.717, 1.165) is 48.6 Å². The van der Waals surface area contributed by atoms with E-state index >= 15 is 0 Å². The Kier molecular flexibility index (Phi) is 7.06. The highest BCUT2D eigenvalue weighted by Crippen LogP contribution is 2.36. The summed E-state index contributed by atoms with van der Waals surface area (Å²) in [5.74, 6) is 0.393. The second kappa shape index (κ2) is 10.1. The van der Waals surface area contributed by atoms with E-state index in [9.17, 15) is 4.79 Å². The Morgan fingerprint density at radius 3 is 2.64 bits per heavy atom. The van der Waals surface area contributed by atoms with Gasteiger partial charge in [0.15, 0.2) is 0 Å². The van der Waals surface area contributed by atoms with Crippen LogP contribution in [0, 0.1) is 6.92 Å². The summed E-state index contributed by atoms with van der Waals surface area (Å²) in [6, 6.07) is 19.3. The quantitative estimate of drug-likeness (QED) is 0.316. The van der Waals surface area contributed by atoms with Gasteiger partial charge in [0.25, 0.3) is 5.91 Å². The van der Waals surface area contributed by atoms with Crippen molar-refractivity contribution in [1.29, 1.82) is 0 Å². The zero-order chi connectivity index (χ0) is 23.4. The highest BCUT2D eigenvalue weighted by molar-refractivity contribution is 5.91. The molecule has 172 valence electrons. The Balaban J connectivity index is 1.82. The third kappa shape index (κ3) is 5.07. The van der Waals surface area contributed by atoms with Gasteiger partial charge in [-0.05, 0) is 57.9 Å². The smallest absolute Gasteiger partial charge is 0.267 e. The molecule has 6 nitrogen and oxygen atoms in total. The molecule has 1 fully saturated rings. The highest BCUT2D eigenvalue weighted by Gasteiger charge is 2.28. The van der Waals surface area contributed by atoms with Gasteiger partial charge in [-0.1, -0.05) is 48.5 Å². The fourth-order valence-corrected chi connectivity index (χ4v) is 4.70. The lowest BCUT2D eigenvalue weighted by Gasteiger charge is -2.37. The van der Waals surface area contributed by atoms with E-state index in [1.54, 1.807) is 11.6 Å². The number of nitrogens with one attached hydrogen (secondary N) is 1. The number of carbonyl (C=O) groups excluding carboxylic acids is 1. The molecule has 1 unspecified atom stereocenters. The minimum atomic E-state index is -0.555. The van der Waals surface area contributed by atoms with Gasteiger partial charge in [0.05, 0.1) is 11.4 Å². The van der Waals surface area contributed by atoms with E-state index in [-0.39, 0.29) is 0 Å². The van der Waals surface area contributed by atoms with Gasteiger partial charge in [0, 0.05) is 35.8 Å². The Bertz CT molecular complexity index is 1130. The second-order valence-corrected chi connectivity index (χ2v) is 8.93. The molecule has 2 aromatic carbocycles. The van der Waals surface area contributed by atoms with Gasteiger partial charge in [-0.2, -0.15) is 0 Å². The third-order valence-corrected chi connectivity index (χ3v) is 6.34. The summed E-state index contributed by atoms with van der Waals surface area (Å²) < 4.78 is 2.43. The fourth-order valence-electron chi connectivity index (χ4n) is 4.70. The van der Waals surface area contributed by atoms with Gasteiger partial charge in [-0.15, -0.1) is 0 Å². The number of amides is 1. The Hall–Kier alpha value is -3.22. The summed E-state index contributed by atoms with van der Waals surface area (Å²) in [5, 5.41) is 8.76. The van der Waals surface area contributed by atoms with E-state index < -0.39 is 5.91 Å². The lowest BCUT2D eigenvalue weighted by atomic mass is 10.0. The maximum absolute atomic E-state index is 11.4. The van der Waals surface area contributed by atoms with Gasteiger partial charge in [-0.3, -0.25) is 14.9 Å². The number of hydrogen-bond acceptors (Lipinski definition) is 4. The number of nitrogens with zero attached hydrogens (tertiary/aromatic N) is 3. The molecule has 0 saturated carbocycles. The zero-order valence-corrected chi connectivity index (χ0v) is 19.5. The molecule has 1 aliphatic rings. The monoisotopic (exact) mass is 444 g/mol. The normalized spacial score (nSPS) is 17.1. The summed E-state index contributed by atoms with van der Waals surface area (Å²) in [6.07, 6.45) is 5.28. The van der Waals surface area contributed by atoms with Gasteiger partial charge in [0.1, 0.15) is 5.82 Å². The number of aryl methyl sites for hydroxylation is 1. The summed E-state index contributed by atoms with van der Waals surface area (Å²) in [4.78, 5) is 19.0. The van der Waals surface area contributed by atoms with Crippen molar-refractivity contribution in [1.82, 2.24) is 19.9 Å². The fraction of sp³-hybridized carbons (Fsp3) is 0.333. The average Bonchev–Trinajstić information content (AvgIpc) is 3.20. The average molecular weight is 445 g/mol. The molecule has 0 spiro atoms. The van der Waals surface area contributed by atoms with Crippen LogP contribution in [0.2, 0.25) is 0 Å². The molecule has 1 amide bonds. The molecular formula is C27H32N4O2. The van der Waals surface area contributed by atoms with Gasteiger partial charge >= 0.3 is 0 Å². The Morgan fingerprint density at radius 1 is 1.15 bits per heavy atom.